The van der Waals surface area contributed by atoms with Crippen LogP contribution in [0.2, 0.25) is 0 Å². The first-order valence-corrected chi connectivity index (χ1v) is 10.6. The zero-order chi connectivity index (χ0) is 20.8. The van der Waals surface area contributed by atoms with E-state index >= 15 is 0 Å². The van der Waals surface area contributed by atoms with Crippen molar-refractivity contribution in [2.45, 2.75) is 24.4 Å². The molecule has 0 saturated carbocycles. The van der Waals surface area contributed by atoms with Crippen LogP contribution in [0.5, 0.6) is 5.75 Å². The Labute approximate surface area is 178 Å². The van der Waals surface area contributed by atoms with E-state index in [0.717, 1.165) is 27.9 Å². The summed E-state index contributed by atoms with van der Waals surface area (Å²) >= 11 is 1.49. The Morgan fingerprint density at radius 3 is 2.70 bits per heavy atom. The van der Waals surface area contributed by atoms with E-state index in [0.29, 0.717) is 30.6 Å². The van der Waals surface area contributed by atoms with Gasteiger partial charge in [0, 0.05) is 12.1 Å². The molecular formula is C22H21N5O2S. The fourth-order valence-corrected chi connectivity index (χ4v) is 3.76. The summed E-state index contributed by atoms with van der Waals surface area (Å²) in [5, 5.41) is 13.6. The molecule has 0 saturated heterocycles. The van der Waals surface area contributed by atoms with E-state index in [1.165, 1.54) is 11.8 Å². The van der Waals surface area contributed by atoms with Gasteiger partial charge in [0.15, 0.2) is 11.0 Å². The number of rotatable bonds is 9. The van der Waals surface area contributed by atoms with Crippen molar-refractivity contribution in [3.63, 3.8) is 0 Å². The topological polar surface area (TPSA) is 78.9 Å². The van der Waals surface area contributed by atoms with E-state index < -0.39 is 0 Å². The number of para-hydroxylation sites is 1. The van der Waals surface area contributed by atoms with Gasteiger partial charge >= 0.3 is 0 Å². The number of hydrogen-bond donors (Lipinski definition) is 0. The highest BCUT2D eigenvalue weighted by Gasteiger charge is 2.17. The van der Waals surface area contributed by atoms with Crippen LogP contribution in [-0.4, -0.2) is 31.5 Å². The Morgan fingerprint density at radius 2 is 1.90 bits per heavy atom. The summed E-state index contributed by atoms with van der Waals surface area (Å²) in [6.45, 7) is 6.97. The Hall–Kier alpha value is -3.39. The van der Waals surface area contributed by atoms with Crippen LogP contribution in [0.1, 0.15) is 12.8 Å². The molecule has 7 nitrogen and oxygen atoms in total. The van der Waals surface area contributed by atoms with Crippen molar-refractivity contribution in [3.8, 4) is 28.5 Å². The number of ether oxygens (including phenoxy) is 1. The number of aromatic nitrogens is 5. The first-order chi connectivity index (χ1) is 14.8. The molecule has 4 rings (SSSR count). The molecule has 30 heavy (non-hydrogen) atoms. The van der Waals surface area contributed by atoms with Crippen LogP contribution >= 0.6 is 11.8 Å². The molecule has 2 heterocycles. The van der Waals surface area contributed by atoms with Gasteiger partial charge < -0.3 is 9.26 Å². The summed E-state index contributed by atoms with van der Waals surface area (Å²) in [5.41, 5.74) is 1.81. The number of benzene rings is 2. The second-order valence-corrected chi connectivity index (χ2v) is 7.24. The lowest BCUT2D eigenvalue weighted by Gasteiger charge is -2.07. The minimum Gasteiger partial charge on any atom is -0.493 e. The summed E-state index contributed by atoms with van der Waals surface area (Å²) in [4.78, 5) is 4.52. The van der Waals surface area contributed by atoms with Crippen LogP contribution in [0.4, 0.5) is 0 Å². The molecule has 0 fully saturated rings. The van der Waals surface area contributed by atoms with Crippen LogP contribution in [0.25, 0.3) is 22.8 Å². The molecule has 2 aromatic carbocycles. The number of nitrogens with zero attached hydrogens (tertiary/aromatic N) is 5. The van der Waals surface area contributed by atoms with Gasteiger partial charge in [-0.3, -0.25) is 4.57 Å². The van der Waals surface area contributed by atoms with Gasteiger partial charge in [-0.25, -0.2) is 0 Å². The average Bonchev–Trinajstić information content (AvgIpc) is 3.41. The van der Waals surface area contributed by atoms with E-state index in [1.54, 1.807) is 0 Å². The third kappa shape index (κ3) is 4.28. The molecule has 4 aromatic rings. The molecule has 0 unspecified atom stereocenters. The molecule has 0 bridgehead atoms. The zero-order valence-corrected chi connectivity index (χ0v) is 17.4. The van der Waals surface area contributed by atoms with E-state index in [4.69, 9.17) is 9.26 Å². The Bertz CT molecular complexity index is 1120. The minimum atomic E-state index is 0.480. The zero-order valence-electron chi connectivity index (χ0n) is 16.6. The lowest BCUT2D eigenvalue weighted by Crippen LogP contribution is -2.00. The van der Waals surface area contributed by atoms with E-state index in [2.05, 4.69) is 26.9 Å². The van der Waals surface area contributed by atoms with E-state index in [-0.39, 0.29) is 0 Å². The molecule has 152 valence electrons. The molecule has 0 atom stereocenters. The second kappa shape index (κ2) is 9.41. The molecule has 0 radical (unpaired) electrons. The lowest BCUT2D eigenvalue weighted by atomic mass is 10.2. The highest BCUT2D eigenvalue weighted by atomic mass is 32.2. The molecule has 0 spiro atoms. The summed E-state index contributed by atoms with van der Waals surface area (Å²) in [6.07, 6.45) is 1.83. The summed E-state index contributed by atoms with van der Waals surface area (Å²) in [5.74, 6) is 3.03. The third-order valence-corrected chi connectivity index (χ3v) is 5.23. The van der Waals surface area contributed by atoms with Crippen molar-refractivity contribution in [2.75, 3.05) is 6.61 Å². The van der Waals surface area contributed by atoms with Crippen LogP contribution in [0, 0.1) is 0 Å². The smallest absolute Gasteiger partial charge is 0.237 e. The van der Waals surface area contributed by atoms with Crippen LogP contribution < -0.4 is 4.74 Å². The molecule has 8 heteroatoms. The molecular weight excluding hydrogens is 398 g/mol. The molecule has 2 aromatic heterocycles. The van der Waals surface area contributed by atoms with Crippen LogP contribution in [0.15, 0.2) is 76.9 Å². The Morgan fingerprint density at radius 1 is 1.10 bits per heavy atom. The minimum absolute atomic E-state index is 0.480. The maximum Gasteiger partial charge on any atom is 0.237 e. The van der Waals surface area contributed by atoms with Gasteiger partial charge in [0.2, 0.25) is 11.7 Å². The highest BCUT2D eigenvalue weighted by Crippen LogP contribution is 2.30. The monoisotopic (exact) mass is 419 g/mol. The van der Waals surface area contributed by atoms with Crippen molar-refractivity contribution in [2.24, 2.45) is 0 Å². The van der Waals surface area contributed by atoms with Gasteiger partial charge in [-0.15, -0.1) is 16.8 Å². The van der Waals surface area contributed by atoms with Crippen LogP contribution in [-0.2, 0) is 12.3 Å². The van der Waals surface area contributed by atoms with Gasteiger partial charge in [-0.1, -0.05) is 65.5 Å². The third-order valence-electron chi connectivity index (χ3n) is 4.28. The molecule has 0 N–H and O–H groups in total. The molecule has 0 aliphatic heterocycles. The maximum absolute atomic E-state index is 5.66. The second-order valence-electron chi connectivity index (χ2n) is 6.30. The quantitative estimate of drug-likeness (QED) is 0.283. The van der Waals surface area contributed by atoms with E-state index in [9.17, 15) is 0 Å². The normalized spacial score (nSPS) is 10.8. The van der Waals surface area contributed by atoms with Crippen molar-refractivity contribution in [1.82, 2.24) is 24.9 Å². The molecule has 0 aliphatic rings. The fraction of sp³-hybridized carbons (Fsp3) is 0.182. The maximum atomic E-state index is 5.66. The standard InChI is InChI=1S/C22H21N5O2S/c1-3-14-27-21(16-10-6-5-7-11-16)24-25-22(27)30-15-19-23-20(26-29-19)17-12-8-9-13-18(17)28-4-2/h3,5-13H,1,4,14-15H2,2H3. The van der Waals surface area contributed by atoms with Gasteiger partial charge in [0.05, 0.1) is 17.9 Å². The molecule has 0 aliphatic carbocycles. The first-order valence-electron chi connectivity index (χ1n) is 9.57. The first kappa shape index (κ1) is 19.9. The SMILES string of the molecule is C=CCn1c(SCc2nc(-c3ccccc3OCC)no2)nnc1-c1ccccc1. The van der Waals surface area contributed by atoms with Gasteiger partial charge in [-0.05, 0) is 19.1 Å². The number of thioether (sulfide) groups is 1. The number of allylic oxidation sites excluding steroid dienone is 1. The van der Waals surface area contributed by atoms with Crippen LogP contribution in [0.3, 0.4) is 0 Å². The van der Waals surface area contributed by atoms with Crippen molar-refractivity contribution >= 4 is 11.8 Å². The van der Waals surface area contributed by atoms with Gasteiger partial charge in [-0.2, -0.15) is 4.98 Å². The fourth-order valence-electron chi connectivity index (χ4n) is 2.97. The Balaban J connectivity index is 1.53. The molecule has 0 amide bonds. The highest BCUT2D eigenvalue weighted by molar-refractivity contribution is 7.98. The number of hydrogen-bond acceptors (Lipinski definition) is 7. The van der Waals surface area contributed by atoms with Crippen molar-refractivity contribution < 1.29 is 9.26 Å². The van der Waals surface area contributed by atoms with E-state index in [1.807, 2.05) is 72.2 Å². The lowest BCUT2D eigenvalue weighted by molar-refractivity contribution is 0.341. The summed E-state index contributed by atoms with van der Waals surface area (Å²) in [7, 11) is 0. The summed E-state index contributed by atoms with van der Waals surface area (Å²) in [6, 6.07) is 17.6. The predicted octanol–water partition coefficient (Wildman–Crippen LogP) is 4.87. The largest absolute Gasteiger partial charge is 0.493 e. The van der Waals surface area contributed by atoms with Gasteiger partial charge in [0.1, 0.15) is 5.75 Å². The predicted molar refractivity (Wildman–Crippen MR) is 116 cm³/mol. The summed E-state index contributed by atoms with van der Waals surface area (Å²) < 4.78 is 13.1. The van der Waals surface area contributed by atoms with Gasteiger partial charge in [0.25, 0.3) is 0 Å². The average molecular weight is 420 g/mol. The van der Waals surface area contributed by atoms with Crippen molar-refractivity contribution in [1.29, 1.82) is 0 Å². The van der Waals surface area contributed by atoms with Crippen molar-refractivity contribution in [3.05, 3.63) is 73.1 Å². The Kier molecular flexibility index (Phi) is 6.24.